The summed E-state index contributed by atoms with van der Waals surface area (Å²) < 4.78 is 19.8. The molecule has 22 heavy (non-hydrogen) atoms. The summed E-state index contributed by atoms with van der Waals surface area (Å²) in [6.45, 7) is 6.52. The van der Waals surface area contributed by atoms with Crippen LogP contribution in [0, 0.1) is 0 Å². The Morgan fingerprint density at radius 1 is 1.18 bits per heavy atom. The number of ether oxygens (including phenoxy) is 4. The first-order chi connectivity index (χ1) is 10.0. The highest BCUT2D eigenvalue weighted by Crippen LogP contribution is 2.34. The molecule has 1 heterocycles. The van der Waals surface area contributed by atoms with Crippen molar-refractivity contribution in [2.75, 3.05) is 14.2 Å². The Morgan fingerprint density at radius 2 is 1.77 bits per heavy atom. The highest BCUT2D eigenvalue weighted by Gasteiger charge is 2.51. The molecular formula is C14H21NO7. The number of methoxy groups -OCH3 is 2. The number of allylic oxidation sites excluding steroid dienone is 1. The lowest BCUT2D eigenvalue weighted by molar-refractivity contribution is -0.165. The summed E-state index contributed by atoms with van der Waals surface area (Å²) in [5.41, 5.74) is -2.46. The Hall–Kier alpha value is -2.25. The molecule has 8 nitrogen and oxygen atoms in total. The van der Waals surface area contributed by atoms with Gasteiger partial charge in [0.1, 0.15) is 11.4 Å². The molecule has 0 bridgehead atoms. The minimum atomic E-state index is -1.84. The van der Waals surface area contributed by atoms with E-state index in [2.05, 4.69) is 14.8 Å². The van der Waals surface area contributed by atoms with Crippen LogP contribution in [-0.2, 0) is 28.5 Å². The maximum absolute atomic E-state index is 12.0. The second-order valence-electron chi connectivity index (χ2n) is 5.75. The van der Waals surface area contributed by atoms with E-state index in [0.29, 0.717) is 0 Å². The molecule has 0 aromatic carbocycles. The van der Waals surface area contributed by atoms with E-state index in [-0.39, 0.29) is 17.8 Å². The molecule has 0 aromatic rings. The number of carbonyl (C=O) groups excluding carboxylic acids is 3. The largest absolute Gasteiger partial charge is 0.466 e. The first-order valence-electron chi connectivity index (χ1n) is 6.61. The van der Waals surface area contributed by atoms with Gasteiger partial charge >= 0.3 is 18.0 Å². The lowest BCUT2D eigenvalue weighted by atomic mass is 10.1. The summed E-state index contributed by atoms with van der Waals surface area (Å²) in [7, 11) is 2.36. The number of amides is 1. The van der Waals surface area contributed by atoms with Crippen molar-refractivity contribution in [1.82, 2.24) is 5.32 Å². The van der Waals surface area contributed by atoms with Gasteiger partial charge in [0, 0.05) is 0 Å². The average Bonchev–Trinajstić information content (AvgIpc) is 2.72. The van der Waals surface area contributed by atoms with Crippen molar-refractivity contribution in [2.24, 2.45) is 0 Å². The fourth-order valence-corrected chi connectivity index (χ4v) is 1.94. The van der Waals surface area contributed by atoms with E-state index >= 15 is 0 Å². The van der Waals surface area contributed by atoms with E-state index in [4.69, 9.17) is 9.47 Å². The van der Waals surface area contributed by atoms with Crippen molar-refractivity contribution in [3.63, 3.8) is 0 Å². The molecule has 0 radical (unpaired) electrons. The van der Waals surface area contributed by atoms with Gasteiger partial charge in [0.15, 0.2) is 0 Å². The molecule has 1 unspecified atom stereocenters. The number of nitrogens with one attached hydrogen (secondary N) is 1. The average molecular weight is 315 g/mol. The molecule has 1 atom stereocenters. The Balaban J connectivity index is 2.99. The number of esters is 2. The fourth-order valence-electron chi connectivity index (χ4n) is 1.94. The summed E-state index contributed by atoms with van der Waals surface area (Å²) in [5, 5.41) is 2.33. The van der Waals surface area contributed by atoms with Crippen LogP contribution in [0.1, 0.15) is 34.1 Å². The van der Waals surface area contributed by atoms with Crippen molar-refractivity contribution < 1.29 is 33.3 Å². The number of alkyl carbamates (subject to hydrolysis) is 1. The highest BCUT2D eigenvalue weighted by molar-refractivity contribution is 5.93. The number of rotatable bonds is 3. The predicted octanol–water partition coefficient (Wildman–Crippen LogP) is 1.25. The van der Waals surface area contributed by atoms with Gasteiger partial charge in [-0.25, -0.2) is 14.4 Å². The van der Waals surface area contributed by atoms with Crippen LogP contribution in [0.3, 0.4) is 0 Å². The zero-order valence-corrected chi connectivity index (χ0v) is 13.6. The molecule has 0 saturated heterocycles. The summed E-state index contributed by atoms with van der Waals surface area (Å²) in [5.74, 6) is -1.32. The molecule has 1 aliphatic rings. The monoisotopic (exact) mass is 315 g/mol. The van der Waals surface area contributed by atoms with Gasteiger partial charge in [-0.05, 0) is 27.7 Å². The van der Waals surface area contributed by atoms with E-state index in [1.807, 2.05) is 0 Å². The van der Waals surface area contributed by atoms with E-state index in [9.17, 15) is 14.4 Å². The summed E-state index contributed by atoms with van der Waals surface area (Å²) in [4.78, 5) is 35.7. The summed E-state index contributed by atoms with van der Waals surface area (Å²) in [6, 6.07) is 0. The normalized spacial score (nSPS) is 21.0. The standard InChI is InChI=1S/C14H21NO7/c1-8-9(10(16)19-5)7-14(21-8,11(17)20-6)15-12(18)22-13(2,3)4/h7H2,1-6H3,(H,15,18). The van der Waals surface area contributed by atoms with Crippen molar-refractivity contribution in [2.45, 2.75) is 45.4 Å². The van der Waals surface area contributed by atoms with Crippen molar-refractivity contribution in [3.8, 4) is 0 Å². The van der Waals surface area contributed by atoms with E-state index in [1.165, 1.54) is 14.0 Å². The summed E-state index contributed by atoms with van der Waals surface area (Å²) >= 11 is 0. The number of carbonyl (C=O) groups is 3. The second kappa shape index (κ2) is 6.25. The molecule has 1 aliphatic heterocycles. The Morgan fingerprint density at radius 3 is 2.23 bits per heavy atom. The molecule has 124 valence electrons. The minimum Gasteiger partial charge on any atom is -0.466 e. The van der Waals surface area contributed by atoms with Gasteiger partial charge in [-0.3, -0.25) is 5.32 Å². The van der Waals surface area contributed by atoms with Crippen molar-refractivity contribution in [3.05, 3.63) is 11.3 Å². The zero-order chi connectivity index (χ0) is 17.1. The third kappa shape index (κ3) is 3.90. The van der Waals surface area contributed by atoms with E-state index < -0.39 is 29.4 Å². The molecule has 8 heteroatoms. The smallest absolute Gasteiger partial charge is 0.411 e. The van der Waals surface area contributed by atoms with Crippen molar-refractivity contribution >= 4 is 18.0 Å². The van der Waals surface area contributed by atoms with Gasteiger partial charge in [0.2, 0.25) is 0 Å². The molecule has 0 spiro atoms. The van der Waals surface area contributed by atoms with Gasteiger partial charge in [0.25, 0.3) is 5.72 Å². The van der Waals surface area contributed by atoms with Crippen LogP contribution in [-0.4, -0.2) is 43.6 Å². The summed E-state index contributed by atoms with van der Waals surface area (Å²) in [6.07, 6.45) is -1.07. The van der Waals surface area contributed by atoms with Gasteiger partial charge in [-0.2, -0.15) is 0 Å². The van der Waals surface area contributed by atoms with E-state index in [1.54, 1.807) is 20.8 Å². The Bertz CT molecular complexity index is 518. The quantitative estimate of drug-likeness (QED) is 0.618. The van der Waals surface area contributed by atoms with Gasteiger partial charge in [-0.1, -0.05) is 0 Å². The first-order valence-corrected chi connectivity index (χ1v) is 6.61. The lowest BCUT2D eigenvalue weighted by Gasteiger charge is -2.29. The van der Waals surface area contributed by atoms with Crippen LogP contribution in [0.25, 0.3) is 0 Å². The maximum atomic E-state index is 12.0. The van der Waals surface area contributed by atoms with Crippen LogP contribution in [0.2, 0.25) is 0 Å². The fraction of sp³-hybridized carbons (Fsp3) is 0.643. The van der Waals surface area contributed by atoms with Crippen molar-refractivity contribution in [1.29, 1.82) is 0 Å². The maximum Gasteiger partial charge on any atom is 0.411 e. The van der Waals surface area contributed by atoms with E-state index in [0.717, 1.165) is 7.11 Å². The third-order valence-corrected chi connectivity index (χ3v) is 2.83. The topological polar surface area (TPSA) is 100 Å². The second-order valence-corrected chi connectivity index (χ2v) is 5.75. The van der Waals surface area contributed by atoms with Gasteiger partial charge in [-0.15, -0.1) is 0 Å². The SMILES string of the molecule is COC(=O)C1=C(C)OC(NC(=O)OC(C)(C)C)(C(=O)OC)C1. The minimum absolute atomic E-state index is 0.143. The molecule has 1 N–H and O–H groups in total. The Labute approximate surface area is 128 Å². The molecule has 1 amide bonds. The first kappa shape index (κ1) is 17.8. The molecule has 0 aromatic heterocycles. The molecule has 1 rings (SSSR count). The molecule has 0 saturated carbocycles. The molecule has 0 fully saturated rings. The van der Waals surface area contributed by atoms with Crippen LogP contribution < -0.4 is 5.32 Å². The number of hydrogen-bond acceptors (Lipinski definition) is 7. The highest BCUT2D eigenvalue weighted by atomic mass is 16.6. The Kier molecular flexibility index (Phi) is 5.05. The van der Waals surface area contributed by atoms with Crippen LogP contribution >= 0.6 is 0 Å². The van der Waals surface area contributed by atoms with Gasteiger partial charge < -0.3 is 18.9 Å². The van der Waals surface area contributed by atoms with Gasteiger partial charge in [0.05, 0.1) is 26.2 Å². The lowest BCUT2D eigenvalue weighted by Crippen LogP contribution is -2.56. The van der Waals surface area contributed by atoms with Crippen LogP contribution in [0.4, 0.5) is 4.79 Å². The van der Waals surface area contributed by atoms with Crippen LogP contribution in [0.5, 0.6) is 0 Å². The zero-order valence-electron chi connectivity index (χ0n) is 13.6. The number of hydrogen-bond donors (Lipinski definition) is 1. The van der Waals surface area contributed by atoms with Crippen LogP contribution in [0.15, 0.2) is 11.3 Å². The molecular weight excluding hydrogens is 294 g/mol. The predicted molar refractivity (Wildman–Crippen MR) is 74.5 cm³/mol. The third-order valence-electron chi connectivity index (χ3n) is 2.83. The molecule has 0 aliphatic carbocycles.